The Morgan fingerprint density at radius 3 is 2.57 bits per heavy atom. The molecule has 2 rings (SSSR count). The van der Waals surface area contributed by atoms with Gasteiger partial charge in [0.1, 0.15) is 11.5 Å². The van der Waals surface area contributed by atoms with Gasteiger partial charge in [0, 0.05) is 0 Å². The van der Waals surface area contributed by atoms with Crippen LogP contribution in [-0.2, 0) is 4.79 Å². The maximum absolute atomic E-state index is 11.7. The van der Waals surface area contributed by atoms with Crippen LogP contribution in [0.4, 0.5) is 0 Å². The maximum atomic E-state index is 11.7. The summed E-state index contributed by atoms with van der Waals surface area (Å²) in [7, 11) is 0. The van der Waals surface area contributed by atoms with E-state index in [-0.39, 0.29) is 24.1 Å². The normalized spacial score (nSPS) is 11.7. The monoisotopic (exact) mass is 289 g/mol. The summed E-state index contributed by atoms with van der Waals surface area (Å²) in [6.07, 6.45) is 1.54. The molecule has 21 heavy (non-hydrogen) atoms. The topological polar surface area (TPSA) is 88.8 Å². The van der Waals surface area contributed by atoms with E-state index >= 15 is 0 Å². The summed E-state index contributed by atoms with van der Waals surface area (Å²) in [5.74, 6) is -0.206. The molecule has 1 heterocycles. The molecule has 1 unspecified atom stereocenters. The molecule has 2 aromatic rings. The first-order valence-corrected chi connectivity index (χ1v) is 6.35. The molecule has 0 aliphatic carbocycles. The number of rotatable bonds is 6. The molecule has 1 amide bonds. The maximum Gasteiger partial charge on any atom is 0.335 e. The van der Waals surface area contributed by atoms with Crippen molar-refractivity contribution in [2.75, 3.05) is 6.61 Å². The van der Waals surface area contributed by atoms with Crippen LogP contribution < -0.4 is 10.1 Å². The zero-order valence-electron chi connectivity index (χ0n) is 11.4. The number of aromatic carboxylic acids is 1. The van der Waals surface area contributed by atoms with Crippen LogP contribution in [-0.4, -0.2) is 23.6 Å². The van der Waals surface area contributed by atoms with Crippen LogP contribution in [0.3, 0.4) is 0 Å². The molecule has 0 saturated carbocycles. The van der Waals surface area contributed by atoms with Gasteiger partial charge in [0.05, 0.1) is 17.9 Å². The fourth-order valence-corrected chi connectivity index (χ4v) is 1.73. The number of carbonyl (C=O) groups excluding carboxylic acids is 1. The summed E-state index contributed by atoms with van der Waals surface area (Å²) in [6, 6.07) is 9.13. The number of nitrogens with one attached hydrogen (secondary N) is 1. The zero-order chi connectivity index (χ0) is 15.2. The lowest BCUT2D eigenvalue weighted by Crippen LogP contribution is -2.31. The van der Waals surface area contributed by atoms with Crippen LogP contribution in [0.25, 0.3) is 0 Å². The number of carbonyl (C=O) groups is 2. The lowest BCUT2D eigenvalue weighted by atomic mass is 10.2. The van der Waals surface area contributed by atoms with Crippen molar-refractivity contribution >= 4 is 11.9 Å². The highest BCUT2D eigenvalue weighted by molar-refractivity contribution is 5.87. The summed E-state index contributed by atoms with van der Waals surface area (Å²) in [5, 5.41) is 11.5. The summed E-state index contributed by atoms with van der Waals surface area (Å²) in [6.45, 7) is 1.65. The molecule has 6 heteroatoms. The average molecular weight is 289 g/mol. The molecule has 2 N–H and O–H groups in total. The van der Waals surface area contributed by atoms with Gasteiger partial charge in [0.2, 0.25) is 0 Å². The second-order valence-electron chi connectivity index (χ2n) is 4.42. The molecule has 1 aromatic carbocycles. The third kappa shape index (κ3) is 4.10. The Kier molecular flexibility index (Phi) is 4.61. The number of hydrogen-bond acceptors (Lipinski definition) is 4. The van der Waals surface area contributed by atoms with Crippen LogP contribution in [0.1, 0.15) is 29.1 Å². The van der Waals surface area contributed by atoms with Crippen LogP contribution in [0.15, 0.2) is 47.1 Å². The van der Waals surface area contributed by atoms with E-state index in [2.05, 4.69) is 5.32 Å². The highest BCUT2D eigenvalue weighted by atomic mass is 16.5. The molecule has 110 valence electrons. The van der Waals surface area contributed by atoms with Gasteiger partial charge in [-0.15, -0.1) is 0 Å². The van der Waals surface area contributed by atoms with Crippen LogP contribution >= 0.6 is 0 Å². The highest BCUT2D eigenvalue weighted by Crippen LogP contribution is 2.13. The molecule has 0 spiro atoms. The minimum atomic E-state index is -1.01. The predicted octanol–water partition coefficient (Wildman–Crippen LogP) is 2.23. The van der Waals surface area contributed by atoms with E-state index in [0.717, 1.165) is 0 Å². The van der Waals surface area contributed by atoms with Gasteiger partial charge in [0.25, 0.3) is 5.91 Å². The summed E-state index contributed by atoms with van der Waals surface area (Å²) >= 11 is 0. The Balaban J connectivity index is 1.82. The molecule has 1 atom stereocenters. The fraction of sp³-hybridized carbons (Fsp3) is 0.200. The lowest BCUT2D eigenvalue weighted by Gasteiger charge is -2.12. The molecule has 0 aliphatic heterocycles. The van der Waals surface area contributed by atoms with Crippen molar-refractivity contribution in [2.24, 2.45) is 0 Å². The van der Waals surface area contributed by atoms with Gasteiger partial charge < -0.3 is 19.6 Å². The minimum absolute atomic E-state index is 0.155. The molecule has 1 aromatic heterocycles. The summed E-state index contributed by atoms with van der Waals surface area (Å²) < 4.78 is 10.5. The van der Waals surface area contributed by atoms with E-state index in [4.69, 9.17) is 14.3 Å². The predicted molar refractivity (Wildman–Crippen MR) is 74.2 cm³/mol. The fourth-order valence-electron chi connectivity index (χ4n) is 1.73. The van der Waals surface area contributed by atoms with Gasteiger partial charge in [-0.2, -0.15) is 0 Å². The lowest BCUT2D eigenvalue weighted by molar-refractivity contribution is -0.123. The Labute approximate surface area is 121 Å². The first kappa shape index (κ1) is 14.6. The van der Waals surface area contributed by atoms with Crippen molar-refractivity contribution in [3.63, 3.8) is 0 Å². The Hall–Kier alpha value is -2.76. The molecule has 0 aliphatic rings. The van der Waals surface area contributed by atoms with E-state index in [9.17, 15) is 9.59 Å². The van der Waals surface area contributed by atoms with Crippen molar-refractivity contribution in [3.05, 3.63) is 54.0 Å². The molecular weight excluding hydrogens is 274 g/mol. The number of furan rings is 1. The van der Waals surface area contributed by atoms with Crippen LogP contribution in [0.2, 0.25) is 0 Å². The quantitative estimate of drug-likeness (QED) is 0.851. The van der Waals surface area contributed by atoms with Crippen molar-refractivity contribution in [1.82, 2.24) is 5.32 Å². The third-order valence-corrected chi connectivity index (χ3v) is 2.82. The first-order valence-electron chi connectivity index (χ1n) is 6.35. The van der Waals surface area contributed by atoms with E-state index in [1.807, 2.05) is 0 Å². The Morgan fingerprint density at radius 2 is 2.00 bits per heavy atom. The van der Waals surface area contributed by atoms with Gasteiger partial charge >= 0.3 is 5.97 Å². The zero-order valence-corrected chi connectivity index (χ0v) is 11.4. The number of benzene rings is 1. The van der Waals surface area contributed by atoms with Gasteiger partial charge in [-0.25, -0.2) is 4.79 Å². The largest absolute Gasteiger partial charge is 0.484 e. The second kappa shape index (κ2) is 6.60. The van der Waals surface area contributed by atoms with Gasteiger partial charge in [-0.1, -0.05) is 0 Å². The molecule has 0 fully saturated rings. The molecule has 0 bridgehead atoms. The summed E-state index contributed by atoms with van der Waals surface area (Å²) in [4.78, 5) is 22.4. The van der Waals surface area contributed by atoms with Crippen LogP contribution in [0.5, 0.6) is 5.75 Å². The van der Waals surface area contributed by atoms with E-state index in [0.29, 0.717) is 11.5 Å². The summed E-state index contributed by atoms with van der Waals surface area (Å²) in [5.41, 5.74) is 0.165. The van der Waals surface area contributed by atoms with Crippen molar-refractivity contribution in [2.45, 2.75) is 13.0 Å². The van der Waals surface area contributed by atoms with Crippen molar-refractivity contribution in [3.8, 4) is 5.75 Å². The van der Waals surface area contributed by atoms with Gasteiger partial charge in [0.15, 0.2) is 6.61 Å². The van der Waals surface area contributed by atoms with Crippen molar-refractivity contribution in [1.29, 1.82) is 0 Å². The molecular formula is C15H15NO5. The standard InChI is InChI=1S/C15H15NO5/c1-10(13-3-2-8-20-13)16-14(17)9-21-12-6-4-11(5-7-12)15(18)19/h2-8,10H,9H2,1H3,(H,16,17)(H,18,19). The SMILES string of the molecule is CC(NC(=O)COc1ccc(C(=O)O)cc1)c1ccco1. The number of carboxylic acid groups (broad SMARTS) is 1. The number of amides is 1. The van der Waals surface area contributed by atoms with Crippen LogP contribution in [0, 0.1) is 0 Å². The smallest absolute Gasteiger partial charge is 0.335 e. The Morgan fingerprint density at radius 1 is 1.29 bits per heavy atom. The van der Waals surface area contributed by atoms with E-state index in [1.54, 1.807) is 25.3 Å². The first-order chi connectivity index (χ1) is 10.1. The number of carboxylic acids is 1. The van der Waals surface area contributed by atoms with E-state index in [1.165, 1.54) is 24.3 Å². The van der Waals surface area contributed by atoms with Gasteiger partial charge in [-0.3, -0.25) is 4.79 Å². The Bertz CT molecular complexity index is 604. The number of ether oxygens (including phenoxy) is 1. The molecule has 0 radical (unpaired) electrons. The highest BCUT2D eigenvalue weighted by Gasteiger charge is 2.12. The van der Waals surface area contributed by atoms with E-state index < -0.39 is 5.97 Å². The number of hydrogen-bond donors (Lipinski definition) is 2. The minimum Gasteiger partial charge on any atom is -0.484 e. The molecule has 6 nitrogen and oxygen atoms in total. The third-order valence-electron chi connectivity index (χ3n) is 2.82. The van der Waals surface area contributed by atoms with Crippen molar-refractivity contribution < 1.29 is 23.8 Å². The molecule has 0 saturated heterocycles. The van der Waals surface area contributed by atoms with Gasteiger partial charge in [-0.05, 0) is 43.3 Å². The average Bonchev–Trinajstić information content (AvgIpc) is 3.00. The second-order valence-corrected chi connectivity index (χ2v) is 4.42.